The average molecular weight is 266 g/mol. The molecule has 0 atom stereocenters. The minimum Gasteiger partial charge on any atom is -0.355 e. The van der Waals surface area contributed by atoms with Gasteiger partial charge in [-0.3, -0.25) is 4.99 Å². The maximum absolute atomic E-state index is 12.1. The lowest BCUT2D eigenvalue weighted by Crippen LogP contribution is -2.41. The Morgan fingerprint density at radius 1 is 1.39 bits per heavy atom. The second kappa shape index (κ2) is 6.82. The van der Waals surface area contributed by atoms with Crippen LogP contribution in [-0.2, 0) is 0 Å². The second-order valence-corrected chi connectivity index (χ2v) is 4.35. The van der Waals surface area contributed by atoms with E-state index in [0.717, 1.165) is 19.0 Å². The Hall–Kier alpha value is -0.980. The number of hydrogen-bond donors (Lipinski definition) is 1. The van der Waals surface area contributed by atoms with Crippen molar-refractivity contribution in [1.82, 2.24) is 15.1 Å². The predicted molar refractivity (Wildman–Crippen MR) is 65.7 cm³/mol. The van der Waals surface area contributed by atoms with Crippen LogP contribution in [0, 0.1) is 0 Å². The molecule has 0 aromatic heterocycles. The van der Waals surface area contributed by atoms with Gasteiger partial charge in [0.25, 0.3) is 0 Å². The van der Waals surface area contributed by atoms with Crippen LogP contribution in [0.15, 0.2) is 4.99 Å². The van der Waals surface area contributed by atoms with Gasteiger partial charge < -0.3 is 15.1 Å². The first-order valence-electron chi connectivity index (χ1n) is 6.21. The Morgan fingerprint density at radius 3 is 2.61 bits per heavy atom. The van der Waals surface area contributed by atoms with Crippen LogP contribution in [-0.4, -0.2) is 68.3 Å². The van der Waals surface area contributed by atoms with E-state index in [0.29, 0.717) is 19.6 Å². The maximum Gasteiger partial charge on any atom is 0.390 e. The highest BCUT2D eigenvalue weighted by Crippen LogP contribution is 2.19. The van der Waals surface area contributed by atoms with E-state index in [2.05, 4.69) is 10.3 Å². The number of likely N-dealkylation sites (N-methyl/N-ethyl adjacent to an activating group) is 2. The van der Waals surface area contributed by atoms with E-state index in [4.69, 9.17) is 0 Å². The lowest BCUT2D eigenvalue weighted by atomic mass is 10.3. The molecule has 0 aromatic rings. The van der Waals surface area contributed by atoms with Crippen LogP contribution in [0.1, 0.15) is 13.3 Å². The summed E-state index contributed by atoms with van der Waals surface area (Å²) in [6.07, 6.45) is -4.82. The average Bonchev–Trinajstić information content (AvgIpc) is 2.68. The fraction of sp³-hybridized carbons (Fsp3) is 0.909. The van der Waals surface area contributed by atoms with Crippen LogP contribution >= 0.6 is 0 Å². The van der Waals surface area contributed by atoms with Crippen LogP contribution in [0.3, 0.4) is 0 Å². The van der Waals surface area contributed by atoms with Gasteiger partial charge in [0.2, 0.25) is 0 Å². The monoisotopic (exact) mass is 266 g/mol. The van der Waals surface area contributed by atoms with E-state index >= 15 is 0 Å². The number of alkyl halides is 3. The van der Waals surface area contributed by atoms with Gasteiger partial charge in [0.05, 0.1) is 13.0 Å². The van der Waals surface area contributed by atoms with Crippen molar-refractivity contribution in [3.63, 3.8) is 0 Å². The number of guanidine groups is 1. The maximum atomic E-state index is 12.1. The Morgan fingerprint density at radius 2 is 2.11 bits per heavy atom. The van der Waals surface area contributed by atoms with Gasteiger partial charge in [0.1, 0.15) is 0 Å². The summed E-state index contributed by atoms with van der Waals surface area (Å²) in [5.74, 6) is 0.835. The molecular weight excluding hydrogens is 245 g/mol. The van der Waals surface area contributed by atoms with Gasteiger partial charge >= 0.3 is 6.18 Å². The molecule has 0 bridgehead atoms. The third kappa shape index (κ3) is 5.57. The molecule has 1 heterocycles. The zero-order chi connectivity index (χ0) is 13.6. The van der Waals surface area contributed by atoms with Crippen LogP contribution in [0.5, 0.6) is 0 Å². The molecule has 0 unspecified atom stereocenters. The fourth-order valence-corrected chi connectivity index (χ4v) is 1.76. The lowest BCUT2D eigenvalue weighted by molar-refractivity contribution is -0.137. The predicted octanol–water partition coefficient (Wildman–Crippen LogP) is 1.15. The first-order valence-corrected chi connectivity index (χ1v) is 6.21. The molecular formula is C11H21F3N4. The van der Waals surface area contributed by atoms with Gasteiger partial charge in [0.15, 0.2) is 5.96 Å². The summed E-state index contributed by atoms with van der Waals surface area (Å²) in [7, 11) is 1.94. The highest BCUT2D eigenvalue weighted by Gasteiger charge is 2.27. The third-order valence-corrected chi connectivity index (χ3v) is 2.93. The topological polar surface area (TPSA) is 30.9 Å². The smallest absolute Gasteiger partial charge is 0.355 e. The molecule has 0 radical (unpaired) electrons. The minimum absolute atomic E-state index is 0.0595. The zero-order valence-corrected chi connectivity index (χ0v) is 10.9. The molecule has 1 rings (SSSR count). The molecule has 0 spiro atoms. The molecule has 0 saturated carbocycles. The van der Waals surface area contributed by atoms with Crippen LogP contribution in [0.4, 0.5) is 13.2 Å². The van der Waals surface area contributed by atoms with Crippen molar-refractivity contribution in [2.75, 3.05) is 46.3 Å². The molecule has 4 nitrogen and oxygen atoms in total. The SMILES string of the molecule is CCN(CCNC1=NCCN1C)CCC(F)(F)F. The highest BCUT2D eigenvalue weighted by atomic mass is 19.4. The zero-order valence-electron chi connectivity index (χ0n) is 10.9. The number of halogens is 3. The summed E-state index contributed by atoms with van der Waals surface area (Å²) < 4.78 is 36.3. The quantitative estimate of drug-likeness (QED) is 0.782. The second-order valence-electron chi connectivity index (χ2n) is 4.35. The molecule has 0 aromatic carbocycles. The van der Waals surface area contributed by atoms with Gasteiger partial charge in [0, 0.05) is 33.2 Å². The van der Waals surface area contributed by atoms with Crippen molar-refractivity contribution in [1.29, 1.82) is 0 Å². The molecule has 0 saturated heterocycles. The van der Waals surface area contributed by atoms with Crippen LogP contribution in [0.25, 0.3) is 0 Å². The summed E-state index contributed by atoms with van der Waals surface area (Å²) in [4.78, 5) is 8.05. The first kappa shape index (κ1) is 15.1. The van der Waals surface area contributed by atoms with Crippen molar-refractivity contribution >= 4 is 5.96 Å². The molecule has 1 aliphatic rings. The van der Waals surface area contributed by atoms with Crippen molar-refractivity contribution in [3.8, 4) is 0 Å². The van der Waals surface area contributed by atoms with E-state index in [9.17, 15) is 13.2 Å². The summed E-state index contributed by atoms with van der Waals surface area (Å²) in [6.45, 7) is 5.45. The van der Waals surface area contributed by atoms with Crippen LogP contribution < -0.4 is 5.32 Å². The van der Waals surface area contributed by atoms with Crippen molar-refractivity contribution < 1.29 is 13.2 Å². The van der Waals surface area contributed by atoms with Crippen molar-refractivity contribution in [2.24, 2.45) is 4.99 Å². The van der Waals surface area contributed by atoms with Crippen molar-refractivity contribution in [2.45, 2.75) is 19.5 Å². The third-order valence-electron chi connectivity index (χ3n) is 2.93. The number of nitrogens with one attached hydrogen (secondary N) is 1. The molecule has 1 aliphatic heterocycles. The van der Waals surface area contributed by atoms with E-state index < -0.39 is 12.6 Å². The Balaban J connectivity index is 2.19. The summed E-state index contributed by atoms with van der Waals surface area (Å²) in [6, 6.07) is 0. The first-order chi connectivity index (χ1) is 8.42. The van der Waals surface area contributed by atoms with Gasteiger partial charge in [-0.05, 0) is 6.54 Å². The molecule has 0 aliphatic carbocycles. The van der Waals surface area contributed by atoms with E-state index in [-0.39, 0.29) is 6.54 Å². The van der Waals surface area contributed by atoms with E-state index in [1.165, 1.54) is 0 Å². The summed E-state index contributed by atoms with van der Waals surface area (Å²) in [5.41, 5.74) is 0. The molecule has 106 valence electrons. The van der Waals surface area contributed by atoms with Gasteiger partial charge in [-0.2, -0.15) is 13.2 Å². The van der Waals surface area contributed by atoms with E-state index in [1.54, 1.807) is 4.90 Å². The van der Waals surface area contributed by atoms with Crippen molar-refractivity contribution in [3.05, 3.63) is 0 Å². The summed E-state index contributed by atoms with van der Waals surface area (Å²) >= 11 is 0. The minimum atomic E-state index is -4.07. The molecule has 1 N–H and O–H groups in total. The normalized spacial score (nSPS) is 16.3. The Labute approximate surface area is 106 Å². The van der Waals surface area contributed by atoms with Crippen LogP contribution in [0.2, 0.25) is 0 Å². The Kier molecular flexibility index (Phi) is 5.71. The molecule has 0 amide bonds. The number of hydrogen-bond acceptors (Lipinski definition) is 4. The Bertz CT molecular complexity index is 278. The number of rotatable bonds is 6. The van der Waals surface area contributed by atoms with E-state index in [1.807, 2.05) is 18.9 Å². The molecule has 0 fully saturated rings. The largest absolute Gasteiger partial charge is 0.390 e. The standard InChI is InChI=1S/C11H21F3N4/c1-3-18(7-4-11(12,13)14)9-6-16-10-15-5-8-17(10)2/h3-9H2,1-2H3,(H,15,16). The van der Waals surface area contributed by atoms with Gasteiger partial charge in [-0.15, -0.1) is 0 Å². The number of aliphatic imine (C=N–C) groups is 1. The van der Waals surface area contributed by atoms with Gasteiger partial charge in [-0.1, -0.05) is 6.92 Å². The highest BCUT2D eigenvalue weighted by molar-refractivity contribution is 5.81. The summed E-state index contributed by atoms with van der Waals surface area (Å²) in [5, 5.41) is 3.15. The fourth-order valence-electron chi connectivity index (χ4n) is 1.76. The molecule has 18 heavy (non-hydrogen) atoms. The van der Waals surface area contributed by atoms with Gasteiger partial charge in [-0.25, -0.2) is 0 Å². The lowest BCUT2D eigenvalue weighted by Gasteiger charge is -2.22. The molecule has 7 heteroatoms. The number of nitrogens with zero attached hydrogens (tertiary/aromatic N) is 3.